The van der Waals surface area contributed by atoms with Gasteiger partial charge in [-0.05, 0) is 73.7 Å². The van der Waals surface area contributed by atoms with Crippen LogP contribution < -0.4 is 14.8 Å². The van der Waals surface area contributed by atoms with Crippen LogP contribution in [0.15, 0.2) is 48.5 Å². The lowest BCUT2D eigenvalue weighted by molar-refractivity contribution is -0.123. The normalized spacial score (nSPS) is 14.3. The van der Waals surface area contributed by atoms with Crippen LogP contribution in [0.25, 0.3) is 0 Å². The summed E-state index contributed by atoms with van der Waals surface area (Å²) in [5.74, 6) is 1.25. The molecule has 160 valence electrons. The Labute approximate surface area is 176 Å². The van der Waals surface area contributed by atoms with Crippen molar-refractivity contribution in [2.45, 2.75) is 19.3 Å². The molecule has 0 aliphatic carbocycles. The lowest BCUT2D eigenvalue weighted by Crippen LogP contribution is -2.39. The van der Waals surface area contributed by atoms with Gasteiger partial charge >= 0.3 is 0 Å². The fraction of sp³-hybridized carbons (Fsp3) is 0.391. The highest BCUT2D eigenvalue weighted by atomic mass is 19.1. The van der Waals surface area contributed by atoms with Gasteiger partial charge in [-0.25, -0.2) is 4.39 Å². The molecule has 7 heteroatoms. The van der Waals surface area contributed by atoms with Crippen LogP contribution in [0.4, 0.5) is 4.39 Å². The Morgan fingerprint density at radius 1 is 1.03 bits per heavy atom. The van der Waals surface area contributed by atoms with Gasteiger partial charge in [-0.2, -0.15) is 0 Å². The SMILES string of the molecule is COc1ccc(OCC(=O)NCCC2CCN(C(=O)c3ccc(F)cc3)CC2)cc1. The predicted molar refractivity (Wildman–Crippen MR) is 111 cm³/mol. The van der Waals surface area contributed by atoms with Crippen LogP contribution in [0.5, 0.6) is 11.5 Å². The number of methoxy groups -OCH3 is 1. The summed E-state index contributed by atoms with van der Waals surface area (Å²) in [6.07, 6.45) is 2.66. The van der Waals surface area contributed by atoms with Gasteiger partial charge < -0.3 is 19.7 Å². The van der Waals surface area contributed by atoms with E-state index in [0.717, 1.165) is 25.0 Å². The quantitative estimate of drug-likeness (QED) is 0.720. The number of ether oxygens (including phenoxy) is 2. The largest absolute Gasteiger partial charge is 0.497 e. The summed E-state index contributed by atoms with van der Waals surface area (Å²) >= 11 is 0. The Hall–Kier alpha value is -3.09. The standard InChI is InChI=1S/C23H27FN2O4/c1-29-20-6-8-21(9-7-20)30-16-22(27)25-13-10-17-11-14-26(15-12-17)23(28)18-2-4-19(24)5-3-18/h2-9,17H,10-16H2,1H3,(H,25,27). The second-order valence-electron chi connectivity index (χ2n) is 7.35. The van der Waals surface area contributed by atoms with Crippen molar-refractivity contribution >= 4 is 11.8 Å². The van der Waals surface area contributed by atoms with Gasteiger partial charge in [0.2, 0.25) is 0 Å². The molecule has 3 rings (SSSR count). The second kappa shape index (κ2) is 10.6. The third-order valence-electron chi connectivity index (χ3n) is 5.30. The molecule has 1 fully saturated rings. The molecule has 1 saturated heterocycles. The smallest absolute Gasteiger partial charge is 0.257 e. The molecule has 0 bridgehead atoms. The molecule has 0 radical (unpaired) electrons. The molecular weight excluding hydrogens is 387 g/mol. The zero-order chi connectivity index (χ0) is 21.3. The third kappa shape index (κ3) is 6.20. The van der Waals surface area contributed by atoms with Gasteiger partial charge in [0.25, 0.3) is 11.8 Å². The van der Waals surface area contributed by atoms with Gasteiger partial charge in [0, 0.05) is 25.2 Å². The Bertz CT molecular complexity index is 831. The van der Waals surface area contributed by atoms with E-state index in [4.69, 9.17) is 9.47 Å². The number of carbonyl (C=O) groups excluding carboxylic acids is 2. The first-order chi connectivity index (χ1) is 14.5. The van der Waals surface area contributed by atoms with Crippen LogP contribution in [0, 0.1) is 11.7 Å². The second-order valence-corrected chi connectivity index (χ2v) is 7.35. The van der Waals surface area contributed by atoms with E-state index in [0.29, 0.717) is 36.9 Å². The molecule has 2 amide bonds. The average Bonchev–Trinajstić information content (AvgIpc) is 2.78. The monoisotopic (exact) mass is 414 g/mol. The van der Waals surface area contributed by atoms with Crippen molar-refractivity contribution in [3.05, 3.63) is 59.9 Å². The molecule has 2 aromatic rings. The molecule has 1 aliphatic rings. The molecule has 0 atom stereocenters. The summed E-state index contributed by atoms with van der Waals surface area (Å²) in [7, 11) is 1.59. The number of nitrogens with one attached hydrogen (secondary N) is 1. The van der Waals surface area contributed by atoms with Crippen LogP contribution in [-0.4, -0.2) is 50.1 Å². The van der Waals surface area contributed by atoms with E-state index < -0.39 is 0 Å². The molecule has 0 saturated carbocycles. The van der Waals surface area contributed by atoms with E-state index in [1.54, 1.807) is 31.4 Å². The van der Waals surface area contributed by atoms with Gasteiger partial charge in [0.05, 0.1) is 7.11 Å². The maximum Gasteiger partial charge on any atom is 0.257 e. The van der Waals surface area contributed by atoms with Gasteiger partial charge in [0.1, 0.15) is 17.3 Å². The zero-order valence-electron chi connectivity index (χ0n) is 17.1. The molecule has 1 N–H and O–H groups in total. The number of hydrogen-bond donors (Lipinski definition) is 1. The number of halogens is 1. The lowest BCUT2D eigenvalue weighted by Gasteiger charge is -2.32. The zero-order valence-corrected chi connectivity index (χ0v) is 17.1. The summed E-state index contributed by atoms with van der Waals surface area (Å²) in [5.41, 5.74) is 0.513. The van der Waals surface area contributed by atoms with Crippen LogP contribution >= 0.6 is 0 Å². The molecule has 6 nitrogen and oxygen atoms in total. The molecule has 0 aromatic heterocycles. The van der Waals surface area contributed by atoms with Crippen LogP contribution in [0.3, 0.4) is 0 Å². The minimum absolute atomic E-state index is 0.0308. The van der Waals surface area contributed by atoms with Gasteiger partial charge in [0.15, 0.2) is 6.61 Å². The number of carbonyl (C=O) groups is 2. The summed E-state index contributed by atoms with van der Waals surface area (Å²) in [5, 5.41) is 2.88. The molecular formula is C23H27FN2O4. The summed E-state index contributed by atoms with van der Waals surface area (Å²) in [6.45, 7) is 1.91. The highest BCUT2D eigenvalue weighted by Crippen LogP contribution is 2.22. The van der Waals surface area contributed by atoms with E-state index in [1.807, 2.05) is 4.90 Å². The molecule has 1 heterocycles. The predicted octanol–water partition coefficient (Wildman–Crippen LogP) is 3.27. The third-order valence-corrected chi connectivity index (χ3v) is 5.30. The van der Waals surface area contributed by atoms with Crippen molar-refractivity contribution in [1.29, 1.82) is 0 Å². The highest BCUT2D eigenvalue weighted by Gasteiger charge is 2.23. The Morgan fingerprint density at radius 3 is 2.30 bits per heavy atom. The fourth-order valence-electron chi connectivity index (χ4n) is 3.49. The maximum absolute atomic E-state index is 13.0. The molecule has 0 unspecified atom stereocenters. The highest BCUT2D eigenvalue weighted by molar-refractivity contribution is 5.94. The number of rotatable bonds is 8. The van der Waals surface area contributed by atoms with Crippen molar-refractivity contribution in [3.63, 3.8) is 0 Å². The number of amides is 2. The molecule has 2 aromatic carbocycles. The van der Waals surface area contributed by atoms with Gasteiger partial charge in [-0.3, -0.25) is 9.59 Å². The summed E-state index contributed by atoms with van der Waals surface area (Å²) in [6, 6.07) is 12.7. The van der Waals surface area contributed by atoms with Crippen LogP contribution in [0.2, 0.25) is 0 Å². The molecule has 0 spiro atoms. The Balaban J connectivity index is 1.32. The summed E-state index contributed by atoms with van der Waals surface area (Å²) < 4.78 is 23.6. The first-order valence-corrected chi connectivity index (χ1v) is 10.1. The van der Waals surface area contributed by atoms with Crippen molar-refractivity contribution in [2.24, 2.45) is 5.92 Å². The number of likely N-dealkylation sites (tertiary alicyclic amines) is 1. The van der Waals surface area contributed by atoms with Crippen LogP contribution in [0.1, 0.15) is 29.6 Å². The Morgan fingerprint density at radius 2 is 1.67 bits per heavy atom. The first kappa shape index (κ1) is 21.6. The number of piperidine rings is 1. The van der Waals surface area contributed by atoms with Crippen molar-refractivity contribution in [1.82, 2.24) is 10.2 Å². The lowest BCUT2D eigenvalue weighted by atomic mass is 9.93. The minimum Gasteiger partial charge on any atom is -0.497 e. The molecule has 1 aliphatic heterocycles. The topological polar surface area (TPSA) is 67.9 Å². The van der Waals surface area contributed by atoms with E-state index in [2.05, 4.69) is 5.32 Å². The number of nitrogens with zero attached hydrogens (tertiary/aromatic N) is 1. The number of benzene rings is 2. The summed E-state index contributed by atoms with van der Waals surface area (Å²) in [4.78, 5) is 26.2. The van der Waals surface area contributed by atoms with E-state index >= 15 is 0 Å². The maximum atomic E-state index is 13.0. The van der Waals surface area contributed by atoms with Crippen LogP contribution in [-0.2, 0) is 4.79 Å². The van der Waals surface area contributed by atoms with Gasteiger partial charge in [-0.15, -0.1) is 0 Å². The van der Waals surface area contributed by atoms with Gasteiger partial charge in [-0.1, -0.05) is 0 Å². The van der Waals surface area contributed by atoms with E-state index in [1.165, 1.54) is 24.3 Å². The van der Waals surface area contributed by atoms with E-state index in [9.17, 15) is 14.0 Å². The molecule has 30 heavy (non-hydrogen) atoms. The van der Waals surface area contributed by atoms with Crippen molar-refractivity contribution < 1.29 is 23.5 Å². The number of hydrogen-bond acceptors (Lipinski definition) is 4. The average molecular weight is 414 g/mol. The fourth-order valence-corrected chi connectivity index (χ4v) is 3.49. The van der Waals surface area contributed by atoms with Crippen molar-refractivity contribution in [2.75, 3.05) is 33.4 Å². The van der Waals surface area contributed by atoms with Crippen molar-refractivity contribution in [3.8, 4) is 11.5 Å². The minimum atomic E-state index is -0.346. The first-order valence-electron chi connectivity index (χ1n) is 10.1. The van der Waals surface area contributed by atoms with E-state index in [-0.39, 0.29) is 24.2 Å². The Kier molecular flexibility index (Phi) is 7.65.